The van der Waals surface area contributed by atoms with Crippen molar-refractivity contribution in [1.29, 1.82) is 0 Å². The molecule has 0 unspecified atom stereocenters. The van der Waals surface area contributed by atoms with E-state index in [1.165, 1.54) is 0 Å². The largest absolute Gasteiger partial charge is 0.497 e. The number of pyridine rings is 1. The van der Waals surface area contributed by atoms with Gasteiger partial charge >= 0.3 is 0 Å². The summed E-state index contributed by atoms with van der Waals surface area (Å²) in [6.45, 7) is 0. The van der Waals surface area contributed by atoms with Gasteiger partial charge in [0.05, 0.1) is 13.3 Å². The van der Waals surface area contributed by atoms with Crippen LogP contribution < -0.4 is 4.74 Å². The molecule has 0 bridgehead atoms. The summed E-state index contributed by atoms with van der Waals surface area (Å²) in [6, 6.07) is 13.4. The molecule has 0 aliphatic carbocycles. The number of ether oxygens (including phenoxy) is 1. The standard InChI is InChI=1S/C15H12N2O2/c1-18-12-7-8-16-13(9-12)15-17-10-14(19-15)11-5-3-2-4-6-11/h2-10H,1H3. The minimum Gasteiger partial charge on any atom is -0.497 e. The summed E-state index contributed by atoms with van der Waals surface area (Å²) in [5.74, 6) is 1.93. The molecule has 0 saturated heterocycles. The molecule has 0 N–H and O–H groups in total. The molecule has 0 radical (unpaired) electrons. The highest BCUT2D eigenvalue weighted by Gasteiger charge is 2.10. The first kappa shape index (κ1) is 11.5. The third-order valence-corrected chi connectivity index (χ3v) is 2.75. The topological polar surface area (TPSA) is 48.2 Å². The van der Waals surface area contributed by atoms with E-state index in [-0.39, 0.29) is 0 Å². The minimum absolute atomic E-state index is 0.484. The number of hydrogen-bond acceptors (Lipinski definition) is 4. The highest BCUT2D eigenvalue weighted by molar-refractivity contribution is 5.59. The maximum atomic E-state index is 5.73. The van der Waals surface area contributed by atoms with Gasteiger partial charge in [-0.1, -0.05) is 30.3 Å². The second kappa shape index (κ2) is 4.94. The van der Waals surface area contributed by atoms with Crippen LogP contribution in [-0.2, 0) is 0 Å². The molecule has 0 atom stereocenters. The normalized spacial score (nSPS) is 10.4. The minimum atomic E-state index is 0.484. The summed E-state index contributed by atoms with van der Waals surface area (Å²) < 4.78 is 10.9. The lowest BCUT2D eigenvalue weighted by atomic mass is 10.2. The first-order chi connectivity index (χ1) is 9.36. The van der Waals surface area contributed by atoms with Crippen LogP contribution in [0.2, 0.25) is 0 Å². The van der Waals surface area contributed by atoms with Crippen LogP contribution in [0, 0.1) is 0 Å². The maximum Gasteiger partial charge on any atom is 0.245 e. The maximum absolute atomic E-state index is 5.73. The van der Waals surface area contributed by atoms with Gasteiger partial charge in [0.1, 0.15) is 11.4 Å². The summed E-state index contributed by atoms with van der Waals surface area (Å²) in [5.41, 5.74) is 1.64. The van der Waals surface area contributed by atoms with Gasteiger partial charge in [0.2, 0.25) is 5.89 Å². The van der Waals surface area contributed by atoms with Crippen molar-refractivity contribution >= 4 is 0 Å². The van der Waals surface area contributed by atoms with Gasteiger partial charge in [-0.25, -0.2) is 4.98 Å². The lowest BCUT2D eigenvalue weighted by molar-refractivity contribution is 0.414. The molecule has 3 aromatic rings. The zero-order valence-electron chi connectivity index (χ0n) is 10.4. The summed E-state index contributed by atoms with van der Waals surface area (Å²) in [6.07, 6.45) is 3.37. The van der Waals surface area contributed by atoms with Gasteiger partial charge in [-0.15, -0.1) is 0 Å². The van der Waals surface area contributed by atoms with Gasteiger partial charge in [-0.3, -0.25) is 4.98 Å². The van der Waals surface area contributed by atoms with Crippen LogP contribution in [0.1, 0.15) is 0 Å². The molecule has 3 rings (SSSR count). The molecule has 0 aliphatic rings. The molecule has 1 aromatic carbocycles. The fourth-order valence-corrected chi connectivity index (χ4v) is 1.78. The Labute approximate surface area is 110 Å². The third kappa shape index (κ3) is 2.33. The van der Waals surface area contributed by atoms with Crippen molar-refractivity contribution in [3.8, 4) is 28.7 Å². The highest BCUT2D eigenvalue weighted by Crippen LogP contribution is 2.26. The van der Waals surface area contributed by atoms with Crippen molar-refractivity contribution in [3.63, 3.8) is 0 Å². The van der Waals surface area contributed by atoms with Crippen molar-refractivity contribution in [1.82, 2.24) is 9.97 Å². The number of benzene rings is 1. The summed E-state index contributed by atoms with van der Waals surface area (Å²) in [7, 11) is 1.62. The Bertz CT molecular complexity index is 677. The number of methoxy groups -OCH3 is 1. The Hall–Kier alpha value is -2.62. The molecule has 4 heteroatoms. The molecular formula is C15H12N2O2. The summed E-state index contributed by atoms with van der Waals surface area (Å²) in [5, 5.41) is 0. The van der Waals surface area contributed by atoms with E-state index in [1.54, 1.807) is 31.6 Å². The van der Waals surface area contributed by atoms with Crippen LogP contribution >= 0.6 is 0 Å². The van der Waals surface area contributed by atoms with Crippen LogP contribution in [0.25, 0.3) is 22.9 Å². The van der Waals surface area contributed by atoms with E-state index in [1.807, 2.05) is 30.3 Å². The monoisotopic (exact) mass is 252 g/mol. The SMILES string of the molecule is COc1ccnc(-c2ncc(-c3ccccc3)o2)c1. The van der Waals surface area contributed by atoms with Crippen molar-refractivity contribution in [2.45, 2.75) is 0 Å². The van der Waals surface area contributed by atoms with Gasteiger partial charge in [-0.05, 0) is 6.07 Å². The summed E-state index contributed by atoms with van der Waals surface area (Å²) >= 11 is 0. The smallest absolute Gasteiger partial charge is 0.245 e. The average Bonchev–Trinajstić information content (AvgIpc) is 2.98. The quantitative estimate of drug-likeness (QED) is 0.716. The van der Waals surface area contributed by atoms with Crippen LogP contribution in [0.4, 0.5) is 0 Å². The molecule has 94 valence electrons. The molecule has 2 heterocycles. The van der Waals surface area contributed by atoms with Crippen LogP contribution in [-0.4, -0.2) is 17.1 Å². The molecule has 4 nitrogen and oxygen atoms in total. The van der Waals surface area contributed by atoms with Gasteiger partial charge < -0.3 is 9.15 Å². The highest BCUT2D eigenvalue weighted by atomic mass is 16.5. The zero-order chi connectivity index (χ0) is 13.1. The number of hydrogen-bond donors (Lipinski definition) is 0. The van der Waals surface area contributed by atoms with E-state index in [0.29, 0.717) is 11.6 Å². The van der Waals surface area contributed by atoms with Gasteiger partial charge in [-0.2, -0.15) is 0 Å². The van der Waals surface area contributed by atoms with Crippen LogP contribution in [0.5, 0.6) is 5.75 Å². The van der Waals surface area contributed by atoms with E-state index in [4.69, 9.17) is 9.15 Å². The van der Waals surface area contributed by atoms with E-state index < -0.39 is 0 Å². The van der Waals surface area contributed by atoms with E-state index in [2.05, 4.69) is 9.97 Å². The third-order valence-electron chi connectivity index (χ3n) is 2.75. The fraction of sp³-hybridized carbons (Fsp3) is 0.0667. The van der Waals surface area contributed by atoms with Gasteiger partial charge in [0, 0.05) is 17.8 Å². The molecular weight excluding hydrogens is 240 g/mol. The van der Waals surface area contributed by atoms with E-state index in [0.717, 1.165) is 17.1 Å². The molecule has 0 spiro atoms. The van der Waals surface area contributed by atoms with E-state index >= 15 is 0 Å². The predicted molar refractivity (Wildman–Crippen MR) is 71.7 cm³/mol. The first-order valence-electron chi connectivity index (χ1n) is 5.88. The lowest BCUT2D eigenvalue weighted by Crippen LogP contribution is -1.86. The molecule has 2 aromatic heterocycles. The predicted octanol–water partition coefficient (Wildman–Crippen LogP) is 3.41. The van der Waals surface area contributed by atoms with Crippen LogP contribution in [0.15, 0.2) is 59.3 Å². The number of nitrogens with zero attached hydrogens (tertiary/aromatic N) is 2. The van der Waals surface area contributed by atoms with Gasteiger partial charge in [0.25, 0.3) is 0 Å². The zero-order valence-corrected chi connectivity index (χ0v) is 10.4. The van der Waals surface area contributed by atoms with Crippen molar-refractivity contribution in [2.24, 2.45) is 0 Å². The first-order valence-corrected chi connectivity index (χ1v) is 5.88. The Morgan fingerprint density at radius 2 is 1.89 bits per heavy atom. The van der Waals surface area contributed by atoms with E-state index in [9.17, 15) is 0 Å². The summed E-state index contributed by atoms with van der Waals surface area (Å²) in [4.78, 5) is 8.48. The Kier molecular flexibility index (Phi) is 2.98. The number of aromatic nitrogens is 2. The number of rotatable bonds is 3. The Balaban J connectivity index is 1.97. The van der Waals surface area contributed by atoms with Crippen molar-refractivity contribution < 1.29 is 9.15 Å². The van der Waals surface area contributed by atoms with Crippen LogP contribution in [0.3, 0.4) is 0 Å². The molecule has 0 aliphatic heterocycles. The van der Waals surface area contributed by atoms with Crippen molar-refractivity contribution in [3.05, 3.63) is 54.9 Å². The molecule has 0 saturated carbocycles. The fourth-order valence-electron chi connectivity index (χ4n) is 1.78. The molecule has 0 amide bonds. The second-order valence-corrected chi connectivity index (χ2v) is 3.98. The Morgan fingerprint density at radius 1 is 1.05 bits per heavy atom. The lowest BCUT2D eigenvalue weighted by Gasteiger charge is -2.00. The Morgan fingerprint density at radius 3 is 2.68 bits per heavy atom. The molecule has 0 fully saturated rings. The average molecular weight is 252 g/mol. The number of oxazole rings is 1. The second-order valence-electron chi connectivity index (χ2n) is 3.98. The molecule has 19 heavy (non-hydrogen) atoms. The van der Waals surface area contributed by atoms with Crippen molar-refractivity contribution in [2.75, 3.05) is 7.11 Å². The van der Waals surface area contributed by atoms with Gasteiger partial charge in [0.15, 0.2) is 5.76 Å².